The number of nitrogens with one attached hydrogen (secondary N) is 1. The van der Waals surface area contributed by atoms with Crippen LogP contribution in [-0.4, -0.2) is 48.5 Å². The first-order valence-corrected chi connectivity index (χ1v) is 9.24. The molecule has 1 amide bonds. The van der Waals surface area contributed by atoms with E-state index in [1.807, 2.05) is 13.8 Å². The lowest BCUT2D eigenvalue weighted by molar-refractivity contribution is 0.0923. The zero-order valence-corrected chi connectivity index (χ0v) is 13.9. The molecule has 1 aliphatic rings. The standard InChI is InChI=1S/C15H23N3O3S/c1-3-10-22(20,21)18-8-6-14(7-9-18)17-15(19)13-5-4-12(2)16-11-13/h4-5,11,14H,3,6-10H2,1-2H3,(H,17,19). The number of hydrogen-bond donors (Lipinski definition) is 1. The van der Waals surface area contributed by atoms with Gasteiger partial charge in [-0.15, -0.1) is 0 Å². The molecule has 122 valence electrons. The third-order valence-electron chi connectivity index (χ3n) is 3.82. The van der Waals surface area contributed by atoms with Gasteiger partial charge in [0.2, 0.25) is 10.0 Å². The minimum Gasteiger partial charge on any atom is -0.349 e. The molecule has 0 spiro atoms. The van der Waals surface area contributed by atoms with Crippen LogP contribution in [0.5, 0.6) is 0 Å². The van der Waals surface area contributed by atoms with E-state index >= 15 is 0 Å². The fourth-order valence-corrected chi connectivity index (χ4v) is 4.08. The van der Waals surface area contributed by atoms with Gasteiger partial charge in [-0.25, -0.2) is 12.7 Å². The van der Waals surface area contributed by atoms with Gasteiger partial charge in [-0.1, -0.05) is 6.92 Å². The average Bonchev–Trinajstić information content (AvgIpc) is 2.48. The van der Waals surface area contributed by atoms with Gasteiger partial charge in [0, 0.05) is 31.0 Å². The summed E-state index contributed by atoms with van der Waals surface area (Å²) in [4.78, 5) is 16.2. The molecule has 1 aromatic heterocycles. The summed E-state index contributed by atoms with van der Waals surface area (Å²) in [5.41, 5.74) is 1.40. The van der Waals surface area contributed by atoms with Crippen LogP contribution in [-0.2, 0) is 10.0 Å². The quantitative estimate of drug-likeness (QED) is 0.885. The lowest BCUT2D eigenvalue weighted by atomic mass is 10.1. The Morgan fingerprint density at radius 3 is 2.59 bits per heavy atom. The predicted octanol–water partition coefficient (Wildman–Crippen LogP) is 1.32. The van der Waals surface area contributed by atoms with E-state index in [2.05, 4.69) is 10.3 Å². The summed E-state index contributed by atoms with van der Waals surface area (Å²) in [6.45, 7) is 4.67. The number of amides is 1. The van der Waals surface area contributed by atoms with Crippen LogP contribution in [0.4, 0.5) is 0 Å². The van der Waals surface area contributed by atoms with Crippen LogP contribution in [0.1, 0.15) is 42.2 Å². The Labute approximate surface area is 132 Å². The molecule has 7 heteroatoms. The highest BCUT2D eigenvalue weighted by Crippen LogP contribution is 2.15. The fraction of sp³-hybridized carbons (Fsp3) is 0.600. The molecule has 0 radical (unpaired) electrons. The summed E-state index contributed by atoms with van der Waals surface area (Å²) in [7, 11) is -3.13. The summed E-state index contributed by atoms with van der Waals surface area (Å²) in [6.07, 6.45) is 3.48. The highest BCUT2D eigenvalue weighted by Gasteiger charge is 2.28. The topological polar surface area (TPSA) is 79.4 Å². The molecule has 2 rings (SSSR count). The molecule has 1 N–H and O–H groups in total. The smallest absolute Gasteiger partial charge is 0.253 e. The van der Waals surface area contributed by atoms with Crippen molar-refractivity contribution in [3.05, 3.63) is 29.6 Å². The molecule has 1 aromatic rings. The summed E-state index contributed by atoms with van der Waals surface area (Å²) >= 11 is 0. The molecule has 0 aromatic carbocycles. The molecule has 1 aliphatic heterocycles. The van der Waals surface area contributed by atoms with Crippen LogP contribution >= 0.6 is 0 Å². The first kappa shape index (κ1) is 16.9. The summed E-state index contributed by atoms with van der Waals surface area (Å²) < 4.78 is 25.5. The van der Waals surface area contributed by atoms with Crippen molar-refractivity contribution in [1.29, 1.82) is 0 Å². The normalized spacial score (nSPS) is 17.4. The van der Waals surface area contributed by atoms with Gasteiger partial charge in [0.15, 0.2) is 0 Å². The van der Waals surface area contributed by atoms with Crippen molar-refractivity contribution in [3.8, 4) is 0 Å². The van der Waals surface area contributed by atoms with Crippen molar-refractivity contribution in [1.82, 2.24) is 14.6 Å². The molecule has 2 heterocycles. The number of rotatable bonds is 5. The predicted molar refractivity (Wildman–Crippen MR) is 85.1 cm³/mol. The number of nitrogens with zero attached hydrogens (tertiary/aromatic N) is 2. The van der Waals surface area contributed by atoms with Crippen molar-refractivity contribution in [2.75, 3.05) is 18.8 Å². The van der Waals surface area contributed by atoms with E-state index in [0.29, 0.717) is 37.9 Å². The molecular weight excluding hydrogens is 302 g/mol. The second kappa shape index (κ2) is 7.19. The van der Waals surface area contributed by atoms with Gasteiger partial charge >= 0.3 is 0 Å². The highest BCUT2D eigenvalue weighted by atomic mass is 32.2. The lowest BCUT2D eigenvalue weighted by Gasteiger charge is -2.31. The third-order valence-corrected chi connectivity index (χ3v) is 5.89. The molecule has 0 saturated carbocycles. The Morgan fingerprint density at radius 2 is 2.05 bits per heavy atom. The molecule has 1 saturated heterocycles. The number of pyridine rings is 1. The minimum atomic E-state index is -3.13. The molecule has 22 heavy (non-hydrogen) atoms. The van der Waals surface area contributed by atoms with E-state index in [1.165, 1.54) is 4.31 Å². The number of carbonyl (C=O) groups is 1. The summed E-state index contributed by atoms with van der Waals surface area (Å²) in [5, 5.41) is 2.96. The van der Waals surface area contributed by atoms with Crippen LogP contribution in [0.15, 0.2) is 18.3 Å². The SMILES string of the molecule is CCCS(=O)(=O)N1CCC(NC(=O)c2ccc(C)nc2)CC1. The fourth-order valence-electron chi connectivity index (χ4n) is 2.54. The van der Waals surface area contributed by atoms with Gasteiger partial charge in [0.1, 0.15) is 0 Å². The van der Waals surface area contributed by atoms with Gasteiger partial charge in [-0.2, -0.15) is 0 Å². The van der Waals surface area contributed by atoms with Gasteiger partial charge in [-0.05, 0) is 38.3 Å². The maximum atomic E-state index is 12.1. The number of sulfonamides is 1. The Hall–Kier alpha value is -1.47. The molecule has 1 fully saturated rings. The van der Waals surface area contributed by atoms with Gasteiger partial charge in [-0.3, -0.25) is 9.78 Å². The lowest BCUT2D eigenvalue weighted by Crippen LogP contribution is -2.47. The van der Waals surface area contributed by atoms with Gasteiger partial charge < -0.3 is 5.32 Å². The van der Waals surface area contributed by atoms with Gasteiger partial charge in [0.25, 0.3) is 5.91 Å². The van der Waals surface area contributed by atoms with Gasteiger partial charge in [0.05, 0.1) is 11.3 Å². The Balaban J connectivity index is 1.87. The largest absolute Gasteiger partial charge is 0.349 e. The Morgan fingerprint density at radius 1 is 1.36 bits per heavy atom. The monoisotopic (exact) mass is 325 g/mol. The molecule has 0 unspecified atom stereocenters. The van der Waals surface area contributed by atoms with Crippen LogP contribution in [0.25, 0.3) is 0 Å². The van der Waals surface area contributed by atoms with Crippen molar-refractivity contribution in [2.45, 2.75) is 39.2 Å². The maximum Gasteiger partial charge on any atom is 0.253 e. The first-order chi connectivity index (χ1) is 10.4. The van der Waals surface area contributed by atoms with E-state index in [9.17, 15) is 13.2 Å². The average molecular weight is 325 g/mol. The number of aromatic nitrogens is 1. The zero-order chi connectivity index (χ0) is 16.2. The van der Waals surface area contributed by atoms with Crippen LogP contribution in [0.2, 0.25) is 0 Å². The Bertz CT molecular complexity index is 605. The number of piperidine rings is 1. The van der Waals surface area contributed by atoms with Crippen molar-refractivity contribution >= 4 is 15.9 Å². The van der Waals surface area contributed by atoms with Crippen molar-refractivity contribution < 1.29 is 13.2 Å². The van der Waals surface area contributed by atoms with Crippen molar-refractivity contribution in [2.24, 2.45) is 0 Å². The van der Waals surface area contributed by atoms with Crippen LogP contribution in [0.3, 0.4) is 0 Å². The summed E-state index contributed by atoms with van der Waals surface area (Å²) in [6, 6.07) is 3.56. The highest BCUT2D eigenvalue weighted by molar-refractivity contribution is 7.89. The van der Waals surface area contributed by atoms with E-state index in [1.54, 1.807) is 18.3 Å². The molecule has 0 atom stereocenters. The molecule has 6 nitrogen and oxygen atoms in total. The van der Waals surface area contributed by atoms with Crippen LogP contribution in [0, 0.1) is 6.92 Å². The number of hydrogen-bond acceptors (Lipinski definition) is 4. The summed E-state index contributed by atoms with van der Waals surface area (Å²) in [5.74, 6) is 0.0429. The second-order valence-corrected chi connectivity index (χ2v) is 7.74. The van der Waals surface area contributed by atoms with E-state index in [4.69, 9.17) is 0 Å². The van der Waals surface area contributed by atoms with E-state index in [0.717, 1.165) is 5.69 Å². The third kappa shape index (κ3) is 4.27. The number of aryl methyl sites for hydroxylation is 1. The number of carbonyl (C=O) groups excluding carboxylic acids is 1. The van der Waals surface area contributed by atoms with Crippen LogP contribution < -0.4 is 5.32 Å². The first-order valence-electron chi connectivity index (χ1n) is 7.63. The minimum absolute atomic E-state index is 0.0156. The van der Waals surface area contributed by atoms with Crippen molar-refractivity contribution in [3.63, 3.8) is 0 Å². The molecule has 0 bridgehead atoms. The van der Waals surface area contributed by atoms with E-state index < -0.39 is 10.0 Å². The Kier molecular flexibility index (Phi) is 5.52. The van der Waals surface area contributed by atoms with E-state index in [-0.39, 0.29) is 17.7 Å². The maximum absolute atomic E-state index is 12.1. The molecule has 0 aliphatic carbocycles. The zero-order valence-electron chi connectivity index (χ0n) is 13.1. The molecular formula is C15H23N3O3S. The second-order valence-electron chi connectivity index (χ2n) is 5.65.